The number of hydrogen-bond acceptors (Lipinski definition) is 6. The highest BCUT2D eigenvalue weighted by molar-refractivity contribution is 5.73. The van der Waals surface area contributed by atoms with Crippen molar-refractivity contribution in [1.29, 1.82) is 0 Å². The van der Waals surface area contributed by atoms with Gasteiger partial charge < -0.3 is 14.4 Å². The van der Waals surface area contributed by atoms with Gasteiger partial charge in [0.25, 0.3) is 0 Å². The minimum atomic E-state index is 0.688. The van der Waals surface area contributed by atoms with Gasteiger partial charge in [0, 0.05) is 43.3 Å². The fourth-order valence-electron chi connectivity index (χ4n) is 3.52. The molecule has 140 valence electrons. The van der Waals surface area contributed by atoms with Crippen molar-refractivity contribution < 1.29 is 9.47 Å². The lowest BCUT2D eigenvalue weighted by molar-refractivity contribution is 0.122. The second-order valence-corrected chi connectivity index (χ2v) is 7.23. The van der Waals surface area contributed by atoms with Gasteiger partial charge in [-0.25, -0.2) is 15.0 Å². The van der Waals surface area contributed by atoms with E-state index in [1.807, 2.05) is 31.6 Å². The van der Waals surface area contributed by atoms with Gasteiger partial charge in [-0.2, -0.15) is 0 Å². The van der Waals surface area contributed by atoms with Crippen molar-refractivity contribution in [3.63, 3.8) is 0 Å². The number of imidazole rings is 1. The molecule has 1 aliphatic heterocycles. The smallest absolute Gasteiger partial charge is 0.213 e. The number of fused-ring (bicyclic) bond motifs is 1. The van der Waals surface area contributed by atoms with Gasteiger partial charge in [-0.1, -0.05) is 0 Å². The van der Waals surface area contributed by atoms with E-state index < -0.39 is 0 Å². The van der Waals surface area contributed by atoms with Crippen LogP contribution in [-0.2, 0) is 4.74 Å². The summed E-state index contributed by atoms with van der Waals surface area (Å²) in [6.45, 7) is 5.92. The molecule has 3 aromatic heterocycles. The summed E-state index contributed by atoms with van der Waals surface area (Å²) in [7, 11) is 0. The average Bonchev–Trinajstić information content (AvgIpc) is 3.48. The van der Waals surface area contributed by atoms with E-state index in [1.165, 1.54) is 12.8 Å². The molecule has 7 nitrogen and oxygen atoms in total. The standard InChI is InChI=1S/C20H23N5O2/c1-14-18(16-4-5-17(22-12-16)27-13-15-2-3-15)25-7-6-21-19(20(25)23-14)24-8-10-26-11-9-24/h4-7,12,15H,2-3,8-11,13H2,1H3. The Kier molecular flexibility index (Phi) is 4.16. The van der Waals surface area contributed by atoms with Gasteiger partial charge in [0.1, 0.15) is 0 Å². The molecule has 7 heteroatoms. The number of morpholine rings is 1. The number of aryl methyl sites for hydroxylation is 1. The molecule has 0 N–H and O–H groups in total. The minimum absolute atomic E-state index is 0.688. The van der Waals surface area contributed by atoms with Crippen LogP contribution in [0.1, 0.15) is 18.5 Å². The van der Waals surface area contributed by atoms with Gasteiger partial charge in [0.15, 0.2) is 11.5 Å². The third-order valence-corrected chi connectivity index (χ3v) is 5.18. The Bertz CT molecular complexity index is 943. The van der Waals surface area contributed by atoms with E-state index in [-0.39, 0.29) is 0 Å². The molecule has 0 radical (unpaired) electrons. The van der Waals surface area contributed by atoms with Crippen LogP contribution in [0.5, 0.6) is 5.88 Å². The predicted octanol–water partition coefficient (Wildman–Crippen LogP) is 2.73. The van der Waals surface area contributed by atoms with Crippen LogP contribution in [0.15, 0.2) is 30.7 Å². The summed E-state index contributed by atoms with van der Waals surface area (Å²) in [5.41, 5.74) is 3.91. The highest BCUT2D eigenvalue weighted by atomic mass is 16.5. The third-order valence-electron chi connectivity index (χ3n) is 5.18. The second kappa shape index (κ2) is 6.81. The van der Waals surface area contributed by atoms with Gasteiger partial charge >= 0.3 is 0 Å². The summed E-state index contributed by atoms with van der Waals surface area (Å²) in [6, 6.07) is 4.00. The van der Waals surface area contributed by atoms with E-state index in [1.54, 1.807) is 0 Å². The molecule has 0 atom stereocenters. The Hall–Kier alpha value is -2.67. The molecule has 27 heavy (non-hydrogen) atoms. The summed E-state index contributed by atoms with van der Waals surface area (Å²) in [6.07, 6.45) is 8.22. The van der Waals surface area contributed by atoms with Crippen molar-refractivity contribution in [3.8, 4) is 17.1 Å². The molecule has 0 amide bonds. The van der Waals surface area contributed by atoms with Crippen molar-refractivity contribution in [3.05, 3.63) is 36.4 Å². The number of nitrogens with zero attached hydrogens (tertiary/aromatic N) is 5. The molecule has 4 heterocycles. The first-order chi connectivity index (χ1) is 13.3. The van der Waals surface area contributed by atoms with Crippen LogP contribution >= 0.6 is 0 Å². The molecular weight excluding hydrogens is 342 g/mol. The summed E-state index contributed by atoms with van der Waals surface area (Å²) < 4.78 is 13.3. The van der Waals surface area contributed by atoms with E-state index in [9.17, 15) is 0 Å². The predicted molar refractivity (Wildman–Crippen MR) is 102 cm³/mol. The first kappa shape index (κ1) is 16.5. The lowest BCUT2D eigenvalue weighted by Gasteiger charge is -2.27. The Morgan fingerprint density at radius 1 is 1.19 bits per heavy atom. The van der Waals surface area contributed by atoms with Crippen molar-refractivity contribution in [2.24, 2.45) is 5.92 Å². The van der Waals surface area contributed by atoms with Crippen LogP contribution in [0.3, 0.4) is 0 Å². The van der Waals surface area contributed by atoms with E-state index in [4.69, 9.17) is 14.5 Å². The molecule has 2 aliphatic rings. The molecule has 0 aromatic carbocycles. The molecule has 2 fully saturated rings. The SMILES string of the molecule is Cc1nc2c(N3CCOCC3)nccn2c1-c1ccc(OCC2CC2)nc1. The van der Waals surface area contributed by atoms with Crippen LogP contribution in [0.2, 0.25) is 0 Å². The molecular formula is C20H23N5O2. The van der Waals surface area contributed by atoms with Gasteiger partial charge in [-0.15, -0.1) is 0 Å². The molecule has 1 saturated heterocycles. The first-order valence-electron chi connectivity index (χ1n) is 9.55. The summed E-state index contributed by atoms with van der Waals surface area (Å²) in [4.78, 5) is 16.1. The fraction of sp³-hybridized carbons (Fsp3) is 0.450. The molecule has 5 rings (SSSR count). The van der Waals surface area contributed by atoms with E-state index >= 15 is 0 Å². The number of pyridine rings is 1. The zero-order valence-electron chi connectivity index (χ0n) is 15.5. The highest BCUT2D eigenvalue weighted by Crippen LogP contribution is 2.31. The highest BCUT2D eigenvalue weighted by Gasteiger charge is 2.22. The number of ether oxygens (including phenoxy) is 2. The number of anilines is 1. The summed E-state index contributed by atoms with van der Waals surface area (Å²) in [5.74, 6) is 2.32. The Morgan fingerprint density at radius 2 is 2.04 bits per heavy atom. The van der Waals surface area contributed by atoms with E-state index in [0.29, 0.717) is 5.88 Å². The fourth-order valence-corrected chi connectivity index (χ4v) is 3.52. The van der Waals surface area contributed by atoms with Crippen LogP contribution in [0, 0.1) is 12.8 Å². The van der Waals surface area contributed by atoms with Crippen molar-refractivity contribution in [1.82, 2.24) is 19.4 Å². The molecule has 0 bridgehead atoms. The summed E-state index contributed by atoms with van der Waals surface area (Å²) >= 11 is 0. The van der Waals surface area contributed by atoms with Crippen LogP contribution < -0.4 is 9.64 Å². The number of hydrogen-bond donors (Lipinski definition) is 0. The Labute approximate surface area is 158 Å². The Morgan fingerprint density at radius 3 is 2.78 bits per heavy atom. The largest absolute Gasteiger partial charge is 0.477 e. The average molecular weight is 365 g/mol. The van der Waals surface area contributed by atoms with Gasteiger partial charge in [-0.05, 0) is 31.7 Å². The van der Waals surface area contributed by atoms with Gasteiger partial charge in [0.2, 0.25) is 5.88 Å². The first-order valence-corrected chi connectivity index (χ1v) is 9.55. The van der Waals surface area contributed by atoms with Crippen LogP contribution in [-0.4, -0.2) is 52.3 Å². The second-order valence-electron chi connectivity index (χ2n) is 7.23. The normalized spacial score (nSPS) is 17.4. The minimum Gasteiger partial charge on any atom is -0.477 e. The maximum Gasteiger partial charge on any atom is 0.213 e. The summed E-state index contributed by atoms with van der Waals surface area (Å²) in [5, 5.41) is 0. The van der Waals surface area contributed by atoms with Crippen molar-refractivity contribution >= 4 is 11.5 Å². The molecule has 0 spiro atoms. The van der Waals surface area contributed by atoms with Crippen molar-refractivity contribution in [2.45, 2.75) is 19.8 Å². The maximum absolute atomic E-state index is 5.76. The van der Waals surface area contributed by atoms with Crippen LogP contribution in [0.25, 0.3) is 16.9 Å². The zero-order valence-corrected chi connectivity index (χ0v) is 15.5. The quantitative estimate of drug-likeness (QED) is 0.693. The lowest BCUT2D eigenvalue weighted by Crippen LogP contribution is -2.37. The van der Waals surface area contributed by atoms with Crippen molar-refractivity contribution in [2.75, 3.05) is 37.8 Å². The van der Waals surface area contributed by atoms with Gasteiger partial charge in [-0.3, -0.25) is 4.40 Å². The van der Waals surface area contributed by atoms with E-state index in [2.05, 4.69) is 25.3 Å². The lowest BCUT2D eigenvalue weighted by atomic mass is 10.2. The molecule has 3 aromatic rings. The third kappa shape index (κ3) is 3.23. The molecule has 1 saturated carbocycles. The number of aromatic nitrogens is 4. The van der Waals surface area contributed by atoms with Gasteiger partial charge in [0.05, 0.1) is 31.2 Å². The molecule has 0 unspecified atom stereocenters. The molecule has 1 aliphatic carbocycles. The number of rotatable bonds is 5. The topological polar surface area (TPSA) is 64.8 Å². The maximum atomic E-state index is 5.76. The Balaban J connectivity index is 1.48. The zero-order chi connectivity index (χ0) is 18.2. The monoisotopic (exact) mass is 365 g/mol. The van der Waals surface area contributed by atoms with E-state index in [0.717, 1.165) is 67.2 Å². The van der Waals surface area contributed by atoms with Crippen LogP contribution in [0.4, 0.5) is 5.82 Å².